The Kier molecular flexibility index (Phi) is 10.00. The molecule has 0 saturated heterocycles. The van der Waals surface area contributed by atoms with Crippen LogP contribution < -0.4 is 4.90 Å². The van der Waals surface area contributed by atoms with Gasteiger partial charge in [0.2, 0.25) is 6.34 Å². The molecule has 0 saturated carbocycles. The van der Waals surface area contributed by atoms with E-state index in [1.54, 1.807) is 0 Å². The van der Waals surface area contributed by atoms with Gasteiger partial charge < -0.3 is 17.3 Å². The molecule has 5 aromatic rings. The highest BCUT2D eigenvalue weighted by Gasteiger charge is 2.46. The molecule has 2 atom stereocenters. The van der Waals surface area contributed by atoms with Gasteiger partial charge in [-0.2, -0.15) is 0 Å². The zero-order valence-corrected chi connectivity index (χ0v) is 28.4. The Morgan fingerprint density at radius 3 is 1.50 bits per heavy atom. The summed E-state index contributed by atoms with van der Waals surface area (Å²) in [7, 11) is -6.00. The molecular weight excluding hydrogens is 607 g/mol. The third-order valence-corrected chi connectivity index (χ3v) is 8.64. The van der Waals surface area contributed by atoms with Crippen molar-refractivity contribution in [2.24, 2.45) is 0 Å². The molecule has 1 heterocycles. The number of anilines is 1. The molecule has 2 nitrogen and oxygen atoms in total. The molecule has 7 heteroatoms. The molecule has 0 amide bonds. The van der Waals surface area contributed by atoms with Crippen LogP contribution in [0.25, 0.3) is 11.1 Å². The summed E-state index contributed by atoms with van der Waals surface area (Å²) in [5.41, 5.74) is 10.2. The quantitative estimate of drug-likeness (QED) is 0.104. The van der Waals surface area contributed by atoms with Crippen LogP contribution in [0.3, 0.4) is 0 Å². The third kappa shape index (κ3) is 8.25. The van der Waals surface area contributed by atoms with Crippen LogP contribution in [-0.2, 0) is 10.8 Å². The average molecular weight is 651 g/mol. The minimum absolute atomic E-state index is 0.0242. The van der Waals surface area contributed by atoms with Crippen molar-refractivity contribution in [1.29, 1.82) is 0 Å². The van der Waals surface area contributed by atoms with Crippen molar-refractivity contribution in [3.63, 3.8) is 0 Å². The molecule has 5 aromatic carbocycles. The summed E-state index contributed by atoms with van der Waals surface area (Å²) < 4.78 is 41.5. The van der Waals surface area contributed by atoms with E-state index in [2.05, 4.69) is 191 Å². The molecule has 0 spiro atoms. The second-order valence-electron chi connectivity index (χ2n) is 14.3. The van der Waals surface area contributed by atoms with Crippen molar-refractivity contribution in [3.8, 4) is 11.1 Å². The van der Waals surface area contributed by atoms with Gasteiger partial charge in [0.05, 0.1) is 0 Å². The van der Waals surface area contributed by atoms with E-state index in [9.17, 15) is 17.3 Å². The molecular formula is C41H43BF4N2. The van der Waals surface area contributed by atoms with E-state index in [4.69, 9.17) is 0 Å². The van der Waals surface area contributed by atoms with E-state index >= 15 is 0 Å². The summed E-state index contributed by atoms with van der Waals surface area (Å²) in [6.45, 7) is 13.9. The van der Waals surface area contributed by atoms with Gasteiger partial charge in [0, 0.05) is 16.7 Å². The lowest BCUT2D eigenvalue weighted by Gasteiger charge is -2.29. The topological polar surface area (TPSA) is 6.25 Å². The predicted octanol–water partition coefficient (Wildman–Crippen LogP) is 11.9. The SMILES string of the molecule is CC(C)(C)c1cc(N2C=[N+](c3ccccc3-c3ccccc3)[C@@H](c3ccccc3)[C@@H]2c2ccccc2)cc(C(C)(C)C)c1.F[B-](F)(F)F. The van der Waals surface area contributed by atoms with E-state index in [0.717, 1.165) is 0 Å². The highest BCUT2D eigenvalue weighted by Crippen LogP contribution is 2.48. The van der Waals surface area contributed by atoms with Gasteiger partial charge in [-0.3, -0.25) is 0 Å². The Hall–Kier alpha value is -4.65. The lowest BCUT2D eigenvalue weighted by molar-refractivity contribution is -0.480. The maximum atomic E-state index is 9.75. The van der Waals surface area contributed by atoms with Crippen LogP contribution >= 0.6 is 0 Å². The summed E-state index contributed by atoms with van der Waals surface area (Å²) in [6, 6.07) is 49.0. The first-order valence-electron chi connectivity index (χ1n) is 16.3. The minimum Gasteiger partial charge on any atom is -0.418 e. The second kappa shape index (κ2) is 13.8. The fraction of sp³-hybridized carbons (Fsp3) is 0.244. The van der Waals surface area contributed by atoms with Gasteiger partial charge in [0.25, 0.3) is 0 Å². The molecule has 0 unspecified atom stereocenters. The van der Waals surface area contributed by atoms with Crippen molar-refractivity contribution in [1.82, 2.24) is 0 Å². The Balaban J connectivity index is 0.000000840. The molecule has 0 N–H and O–H groups in total. The van der Waals surface area contributed by atoms with Gasteiger partial charge in [-0.15, -0.1) is 0 Å². The van der Waals surface area contributed by atoms with Crippen LogP contribution in [-0.4, -0.2) is 18.2 Å². The van der Waals surface area contributed by atoms with Crippen LogP contribution in [0.1, 0.15) is 75.9 Å². The van der Waals surface area contributed by atoms with Gasteiger partial charge in [-0.05, 0) is 45.7 Å². The molecule has 0 bridgehead atoms. The highest BCUT2D eigenvalue weighted by molar-refractivity contribution is 6.50. The summed E-state index contributed by atoms with van der Waals surface area (Å²) in [5.74, 6) is 0. The van der Waals surface area contributed by atoms with Crippen molar-refractivity contribution in [2.45, 2.75) is 64.5 Å². The van der Waals surface area contributed by atoms with Crippen molar-refractivity contribution < 1.29 is 21.8 Å². The molecule has 1 aliphatic rings. The number of para-hydroxylation sites is 1. The fourth-order valence-electron chi connectivity index (χ4n) is 6.19. The maximum Gasteiger partial charge on any atom is 0.673 e. The first-order chi connectivity index (χ1) is 22.6. The van der Waals surface area contributed by atoms with Crippen molar-refractivity contribution in [2.75, 3.05) is 4.90 Å². The largest absolute Gasteiger partial charge is 0.673 e. The van der Waals surface area contributed by atoms with Crippen LogP contribution in [0.5, 0.6) is 0 Å². The Morgan fingerprint density at radius 1 is 0.562 bits per heavy atom. The Bertz CT molecular complexity index is 1800. The molecule has 0 aromatic heterocycles. The monoisotopic (exact) mass is 650 g/mol. The molecule has 6 rings (SSSR count). The standard InChI is InChI=1S/C41H43N2.BF4/c1-40(2,3)33-26-34(41(4,5)6)28-35(27-33)42-29-43(37-25-17-16-24-36(37)30-18-10-7-11-19-30)39(32-22-14-9-15-23-32)38(42)31-20-12-8-13-21-31;2-1(3,4)5/h7-29,38-39H,1-6H3;/q+1;-1/t38-,39-;/m0./s1. The zero-order chi connectivity index (χ0) is 34.7. The summed E-state index contributed by atoms with van der Waals surface area (Å²) in [5, 5.41) is 0. The smallest absolute Gasteiger partial charge is 0.418 e. The summed E-state index contributed by atoms with van der Waals surface area (Å²) in [4.78, 5) is 2.53. The van der Waals surface area contributed by atoms with Gasteiger partial charge in [0.15, 0.2) is 12.1 Å². The first-order valence-corrected chi connectivity index (χ1v) is 16.3. The average Bonchev–Trinajstić information content (AvgIpc) is 3.45. The predicted molar refractivity (Wildman–Crippen MR) is 193 cm³/mol. The first kappa shape index (κ1) is 34.7. The number of halogens is 4. The van der Waals surface area contributed by atoms with E-state index in [1.807, 2.05) is 0 Å². The van der Waals surface area contributed by atoms with Crippen LogP contribution in [0.2, 0.25) is 0 Å². The number of benzene rings is 5. The second-order valence-corrected chi connectivity index (χ2v) is 14.3. The normalized spacial score (nSPS) is 16.6. The molecule has 248 valence electrons. The number of hydrogen-bond donors (Lipinski definition) is 0. The molecule has 0 radical (unpaired) electrons. The zero-order valence-electron chi connectivity index (χ0n) is 28.4. The van der Waals surface area contributed by atoms with Gasteiger partial charge in [-0.1, -0.05) is 157 Å². The minimum atomic E-state index is -6.00. The summed E-state index contributed by atoms with van der Waals surface area (Å²) >= 11 is 0. The van der Waals surface area contributed by atoms with E-state index in [0.29, 0.717) is 0 Å². The van der Waals surface area contributed by atoms with E-state index < -0.39 is 7.25 Å². The van der Waals surface area contributed by atoms with Crippen LogP contribution in [0.15, 0.2) is 133 Å². The van der Waals surface area contributed by atoms with Gasteiger partial charge in [-0.25, -0.2) is 9.48 Å². The van der Waals surface area contributed by atoms with Crippen molar-refractivity contribution >= 4 is 25.0 Å². The van der Waals surface area contributed by atoms with E-state index in [-0.39, 0.29) is 22.9 Å². The summed E-state index contributed by atoms with van der Waals surface area (Å²) in [6.07, 6.45) is 2.37. The lowest BCUT2D eigenvalue weighted by Crippen LogP contribution is -2.27. The molecule has 48 heavy (non-hydrogen) atoms. The van der Waals surface area contributed by atoms with Crippen LogP contribution in [0, 0.1) is 0 Å². The third-order valence-electron chi connectivity index (χ3n) is 8.64. The number of rotatable bonds is 5. The van der Waals surface area contributed by atoms with E-state index in [1.165, 1.54) is 44.8 Å². The Morgan fingerprint density at radius 2 is 1.00 bits per heavy atom. The number of hydrogen-bond acceptors (Lipinski definition) is 1. The molecule has 0 aliphatic carbocycles. The Labute approximate surface area is 282 Å². The van der Waals surface area contributed by atoms with Gasteiger partial charge >= 0.3 is 7.25 Å². The van der Waals surface area contributed by atoms with Gasteiger partial charge in [0.1, 0.15) is 11.4 Å². The molecule has 1 aliphatic heterocycles. The van der Waals surface area contributed by atoms with Crippen LogP contribution in [0.4, 0.5) is 28.6 Å². The highest BCUT2D eigenvalue weighted by atomic mass is 19.5. The number of nitrogens with zero attached hydrogens (tertiary/aromatic N) is 2. The fourth-order valence-corrected chi connectivity index (χ4v) is 6.19. The molecule has 0 fully saturated rings. The lowest BCUT2D eigenvalue weighted by atomic mass is 9.80. The maximum absolute atomic E-state index is 9.75. The van der Waals surface area contributed by atoms with Crippen molar-refractivity contribution in [3.05, 3.63) is 156 Å².